The zero-order valence-corrected chi connectivity index (χ0v) is 16.1. The molecule has 3 rings (SSSR count). The first kappa shape index (κ1) is 19.8. The third-order valence-electron chi connectivity index (χ3n) is 4.68. The third-order valence-corrected chi connectivity index (χ3v) is 4.68. The number of nitriles is 1. The molecule has 29 heavy (non-hydrogen) atoms. The van der Waals surface area contributed by atoms with E-state index in [4.69, 9.17) is 0 Å². The lowest BCUT2D eigenvalue weighted by Crippen LogP contribution is -2.24. The number of ketones is 1. The molecule has 0 fully saturated rings. The molecule has 0 spiro atoms. The van der Waals surface area contributed by atoms with Gasteiger partial charge in [0.1, 0.15) is 11.6 Å². The molecule has 0 aliphatic carbocycles. The summed E-state index contributed by atoms with van der Waals surface area (Å²) in [5.74, 6) is -0.430. The summed E-state index contributed by atoms with van der Waals surface area (Å²) >= 11 is 0. The molecule has 0 radical (unpaired) electrons. The van der Waals surface area contributed by atoms with E-state index in [0.29, 0.717) is 22.4 Å². The largest absolute Gasteiger partial charge is 0.494 e. The van der Waals surface area contributed by atoms with E-state index in [1.165, 1.54) is 6.21 Å². The minimum atomic E-state index is -0.540. The molecule has 0 saturated carbocycles. The van der Waals surface area contributed by atoms with E-state index in [1.807, 2.05) is 12.1 Å². The third kappa shape index (κ3) is 3.71. The molecule has 0 saturated heterocycles. The Labute approximate surface area is 168 Å². The first-order valence-electron chi connectivity index (χ1n) is 9.08. The lowest BCUT2D eigenvalue weighted by Gasteiger charge is -2.12. The van der Waals surface area contributed by atoms with Gasteiger partial charge in [-0.15, -0.1) is 0 Å². The summed E-state index contributed by atoms with van der Waals surface area (Å²) in [6, 6.07) is 17.7. The zero-order chi connectivity index (χ0) is 21.0. The first-order valence-corrected chi connectivity index (χ1v) is 9.08. The quantitative estimate of drug-likeness (QED) is 0.535. The van der Waals surface area contributed by atoms with Gasteiger partial charge in [0.05, 0.1) is 11.3 Å². The summed E-state index contributed by atoms with van der Waals surface area (Å²) in [6.07, 6.45) is 1.38. The number of para-hydroxylation sites is 1. The molecule has 3 aromatic rings. The average molecular weight is 385 g/mol. The molecule has 0 bridgehead atoms. The number of rotatable bonds is 5. The van der Waals surface area contributed by atoms with Crippen LogP contribution in [0.5, 0.6) is 5.88 Å². The highest BCUT2D eigenvalue weighted by atomic mass is 16.3. The predicted octanol–water partition coefficient (Wildman–Crippen LogP) is 3.74. The van der Waals surface area contributed by atoms with Crippen LogP contribution in [0, 0.1) is 18.3 Å². The number of benzene rings is 2. The maximum atomic E-state index is 12.8. The van der Waals surface area contributed by atoms with Gasteiger partial charge in [0.2, 0.25) is 5.88 Å². The zero-order valence-electron chi connectivity index (χ0n) is 16.1. The van der Waals surface area contributed by atoms with Gasteiger partial charge in [-0.2, -0.15) is 5.26 Å². The van der Waals surface area contributed by atoms with Gasteiger partial charge in [0.15, 0.2) is 5.78 Å². The fourth-order valence-electron chi connectivity index (χ4n) is 3.08. The van der Waals surface area contributed by atoms with Crippen LogP contribution in [0.4, 0.5) is 5.69 Å². The average Bonchev–Trinajstić information content (AvgIpc) is 2.74. The van der Waals surface area contributed by atoms with Crippen molar-refractivity contribution in [2.45, 2.75) is 20.4 Å². The van der Waals surface area contributed by atoms with Gasteiger partial charge in [-0.25, -0.2) is 0 Å². The van der Waals surface area contributed by atoms with Crippen molar-refractivity contribution in [1.82, 2.24) is 4.57 Å². The Bertz CT molecular complexity index is 1200. The van der Waals surface area contributed by atoms with E-state index in [0.717, 1.165) is 4.57 Å². The van der Waals surface area contributed by atoms with Crippen LogP contribution in [-0.2, 0) is 6.54 Å². The summed E-state index contributed by atoms with van der Waals surface area (Å²) in [6.45, 7) is 3.50. The van der Waals surface area contributed by atoms with Crippen LogP contribution in [0.15, 0.2) is 64.4 Å². The van der Waals surface area contributed by atoms with Crippen LogP contribution in [0.3, 0.4) is 0 Å². The fourth-order valence-corrected chi connectivity index (χ4v) is 3.08. The Morgan fingerprint density at radius 2 is 1.83 bits per heavy atom. The summed E-state index contributed by atoms with van der Waals surface area (Å²) in [5.41, 5.74) is 1.41. The smallest absolute Gasteiger partial charge is 0.271 e. The number of hydrogen-bond donors (Lipinski definition) is 1. The Balaban J connectivity index is 2.10. The second kappa shape index (κ2) is 8.36. The van der Waals surface area contributed by atoms with Gasteiger partial charge in [0, 0.05) is 23.9 Å². The van der Waals surface area contributed by atoms with Crippen molar-refractivity contribution in [1.29, 1.82) is 5.26 Å². The van der Waals surface area contributed by atoms with Gasteiger partial charge in [-0.1, -0.05) is 42.5 Å². The highest BCUT2D eigenvalue weighted by molar-refractivity contribution is 6.12. The van der Waals surface area contributed by atoms with E-state index in [-0.39, 0.29) is 29.3 Å². The lowest BCUT2D eigenvalue weighted by molar-refractivity contribution is 0.103. The molecule has 1 aromatic heterocycles. The number of hydrogen-bond acceptors (Lipinski definition) is 5. The molecular weight excluding hydrogens is 366 g/mol. The van der Waals surface area contributed by atoms with Gasteiger partial charge in [-0.05, 0) is 31.5 Å². The van der Waals surface area contributed by atoms with E-state index < -0.39 is 5.56 Å². The number of carbonyl (C=O) groups excluding carboxylic acids is 1. The number of pyridine rings is 1. The molecule has 0 amide bonds. The Morgan fingerprint density at radius 3 is 2.48 bits per heavy atom. The van der Waals surface area contributed by atoms with Gasteiger partial charge in [-0.3, -0.25) is 19.1 Å². The highest BCUT2D eigenvalue weighted by Gasteiger charge is 2.17. The summed E-state index contributed by atoms with van der Waals surface area (Å²) in [5, 5.41) is 19.8. The number of aromatic nitrogens is 1. The second-order valence-electron chi connectivity index (χ2n) is 6.37. The number of nitrogens with zero attached hydrogens (tertiary/aromatic N) is 3. The van der Waals surface area contributed by atoms with E-state index in [1.54, 1.807) is 62.4 Å². The topological polar surface area (TPSA) is 95.4 Å². The number of aliphatic imine (C=N–C) groups is 1. The SMILES string of the molecule is CCn1c(O)c(C=Nc2ccccc2C(=O)c2ccccc2)c(C)c(C#N)c1=O. The lowest BCUT2D eigenvalue weighted by atomic mass is 10.0. The Morgan fingerprint density at radius 1 is 1.17 bits per heavy atom. The standard InChI is InChI=1S/C23H19N3O3/c1-3-26-22(28)18(13-24)15(2)19(23(26)29)14-25-20-12-8-7-11-17(20)21(27)16-9-5-4-6-10-16/h4-12,14,29H,3H2,1-2H3. The summed E-state index contributed by atoms with van der Waals surface area (Å²) < 4.78 is 1.12. The van der Waals surface area contributed by atoms with Crippen molar-refractivity contribution in [3.8, 4) is 11.9 Å². The Kier molecular flexibility index (Phi) is 5.70. The molecule has 1 N–H and O–H groups in total. The van der Waals surface area contributed by atoms with Crippen LogP contribution in [0.2, 0.25) is 0 Å². The number of carbonyl (C=O) groups is 1. The van der Waals surface area contributed by atoms with Crippen LogP contribution >= 0.6 is 0 Å². The van der Waals surface area contributed by atoms with Crippen molar-refractivity contribution in [2.24, 2.45) is 4.99 Å². The summed E-state index contributed by atoms with van der Waals surface area (Å²) in [4.78, 5) is 29.5. The second-order valence-corrected chi connectivity index (χ2v) is 6.37. The van der Waals surface area contributed by atoms with Crippen LogP contribution < -0.4 is 5.56 Å². The molecule has 0 unspecified atom stereocenters. The maximum Gasteiger partial charge on any atom is 0.271 e. The normalized spacial score (nSPS) is 10.8. The Hall–Kier alpha value is -3.98. The number of aromatic hydroxyl groups is 1. The summed E-state index contributed by atoms with van der Waals surface area (Å²) in [7, 11) is 0. The maximum absolute atomic E-state index is 12.8. The van der Waals surface area contributed by atoms with Crippen LogP contribution in [0.1, 0.15) is 39.5 Å². The molecule has 0 aliphatic rings. The van der Waals surface area contributed by atoms with Crippen molar-refractivity contribution in [3.05, 3.63) is 92.8 Å². The predicted molar refractivity (Wildman–Crippen MR) is 111 cm³/mol. The molecule has 2 aromatic carbocycles. The van der Waals surface area contributed by atoms with E-state index in [2.05, 4.69) is 4.99 Å². The van der Waals surface area contributed by atoms with Crippen molar-refractivity contribution in [2.75, 3.05) is 0 Å². The highest BCUT2D eigenvalue weighted by Crippen LogP contribution is 2.24. The molecule has 0 atom stereocenters. The molecule has 6 heteroatoms. The molecule has 144 valence electrons. The van der Waals surface area contributed by atoms with Crippen molar-refractivity contribution in [3.63, 3.8) is 0 Å². The molecule has 1 heterocycles. The van der Waals surface area contributed by atoms with Gasteiger partial charge < -0.3 is 5.11 Å². The van der Waals surface area contributed by atoms with Crippen molar-refractivity contribution < 1.29 is 9.90 Å². The molecule has 6 nitrogen and oxygen atoms in total. The van der Waals surface area contributed by atoms with Gasteiger partial charge >= 0.3 is 0 Å². The minimum Gasteiger partial charge on any atom is -0.494 e. The van der Waals surface area contributed by atoms with E-state index >= 15 is 0 Å². The molecule has 0 aliphatic heterocycles. The van der Waals surface area contributed by atoms with Crippen molar-refractivity contribution >= 4 is 17.7 Å². The van der Waals surface area contributed by atoms with Crippen LogP contribution in [-0.4, -0.2) is 21.7 Å². The van der Waals surface area contributed by atoms with E-state index in [9.17, 15) is 20.0 Å². The minimum absolute atomic E-state index is 0.0419. The first-order chi connectivity index (χ1) is 14.0. The van der Waals surface area contributed by atoms with Crippen LogP contribution in [0.25, 0.3) is 0 Å². The molecular formula is C23H19N3O3. The monoisotopic (exact) mass is 385 g/mol. The fraction of sp³-hybridized carbons (Fsp3) is 0.130. The van der Waals surface area contributed by atoms with Gasteiger partial charge in [0.25, 0.3) is 5.56 Å².